The number of amides is 12. The van der Waals surface area contributed by atoms with E-state index in [-0.39, 0.29) is 74.5 Å². The number of aromatic amines is 3. The second-order valence-corrected chi connectivity index (χ2v) is 33.7. The summed E-state index contributed by atoms with van der Waals surface area (Å²) in [6, 6.07) is 4.92. The number of thioether (sulfide) groups is 2. The molecule has 0 radical (unpaired) electrons. The Balaban J connectivity index is 0.00000289. The largest absolute Gasteiger partial charge is 0.542 e. The maximum atomic E-state index is 15.4. The van der Waals surface area contributed by atoms with Crippen LogP contribution >= 0.6 is 23.5 Å². The summed E-state index contributed by atoms with van der Waals surface area (Å²) in [6.45, 7) is 9.25. The molecule has 1 aliphatic carbocycles. The highest BCUT2D eigenvalue weighted by Gasteiger charge is 2.41. The van der Waals surface area contributed by atoms with Crippen LogP contribution in [-0.2, 0) is 104 Å². The summed E-state index contributed by atoms with van der Waals surface area (Å²) in [6.07, 6.45) is -1.36. The summed E-state index contributed by atoms with van der Waals surface area (Å²) in [5, 5.41) is 91.8. The van der Waals surface area contributed by atoms with Crippen LogP contribution in [0.5, 0.6) is 11.5 Å². The molecule has 3 aromatic heterocycles. The van der Waals surface area contributed by atoms with Crippen molar-refractivity contribution in [2.45, 2.75) is 234 Å². The van der Waals surface area contributed by atoms with E-state index >= 15 is 24.0 Å². The lowest BCUT2D eigenvalue weighted by molar-refractivity contribution is -0.347. The number of carboxylic acids is 2. The fraction of sp³-hybridized carbons (Fsp3) is 0.494. The molecule has 36 nitrogen and oxygen atoms in total. The molecular formula is C83H109F3N16O20S2. The predicted molar refractivity (Wildman–Crippen MR) is 445 cm³/mol. The number of benzene rings is 3. The number of imidazole rings is 1. The quantitative estimate of drug-likeness (QED) is 0.0558. The molecule has 124 heavy (non-hydrogen) atoms. The zero-order valence-corrected chi connectivity index (χ0v) is 70.9. The van der Waals surface area contributed by atoms with Gasteiger partial charge < -0.3 is 105 Å². The minimum absolute atomic E-state index is 0.0388. The number of aliphatic carboxylic acids is 2. The predicted octanol–water partition coefficient (Wildman–Crippen LogP) is 0.517. The summed E-state index contributed by atoms with van der Waals surface area (Å²) >= 11 is 2.68. The first-order chi connectivity index (χ1) is 58.7. The number of aliphatic hydroxyl groups is 2. The Labute approximate surface area is 720 Å². The van der Waals surface area contributed by atoms with E-state index in [4.69, 9.17) is 15.6 Å². The number of carbonyl (C=O) groups is 14. The lowest BCUT2D eigenvalue weighted by atomic mass is 9.84. The molecule has 2 aliphatic rings. The summed E-state index contributed by atoms with van der Waals surface area (Å²) in [5.41, 5.74) is 8.66. The van der Waals surface area contributed by atoms with Crippen LogP contribution in [0.4, 0.5) is 13.2 Å². The van der Waals surface area contributed by atoms with Gasteiger partial charge in [0.05, 0.1) is 36.3 Å². The fourth-order valence-corrected chi connectivity index (χ4v) is 15.6. The van der Waals surface area contributed by atoms with Gasteiger partial charge in [-0.1, -0.05) is 115 Å². The van der Waals surface area contributed by atoms with Crippen molar-refractivity contribution in [3.63, 3.8) is 0 Å². The van der Waals surface area contributed by atoms with E-state index < -0.39 is 186 Å². The number of primary amides is 1. The molecule has 12 amide bonds. The normalized spacial score (nSPS) is 23.3. The minimum atomic E-state index is -5.19. The monoisotopic (exact) mass is 1770 g/mol. The van der Waals surface area contributed by atoms with Gasteiger partial charge in [0.15, 0.2) is 0 Å². The number of pyridine rings is 1. The average Bonchev–Trinajstić information content (AvgIpc) is 1.75. The van der Waals surface area contributed by atoms with Crippen molar-refractivity contribution in [2.24, 2.45) is 17.1 Å². The number of aliphatic hydroxyl groups excluding tert-OH is 2. The molecule has 41 heteroatoms. The lowest BCUT2D eigenvalue weighted by Crippen LogP contribution is -2.63. The Bertz CT molecular complexity index is 4650. The van der Waals surface area contributed by atoms with Gasteiger partial charge in [-0.05, 0) is 103 Å². The van der Waals surface area contributed by atoms with Gasteiger partial charge in [0.25, 0.3) is 5.65 Å². The van der Waals surface area contributed by atoms with Gasteiger partial charge in [0, 0.05) is 79.0 Å². The van der Waals surface area contributed by atoms with Gasteiger partial charge in [-0.3, -0.25) is 62.3 Å². The van der Waals surface area contributed by atoms with Crippen LogP contribution in [0.2, 0.25) is 0 Å². The zero-order chi connectivity index (χ0) is 91.1. The maximum Gasteiger partial charge on any atom is 0.430 e. The van der Waals surface area contributed by atoms with Crippen LogP contribution in [0.3, 0.4) is 0 Å². The second-order valence-electron chi connectivity index (χ2n) is 31.6. The zero-order valence-electron chi connectivity index (χ0n) is 69.2. The molecule has 1 fully saturated rings. The van der Waals surface area contributed by atoms with Crippen molar-refractivity contribution in [3.05, 3.63) is 143 Å². The summed E-state index contributed by atoms with van der Waals surface area (Å²) < 4.78 is 31.5. The molecule has 0 saturated heterocycles. The number of fused-ring (bicyclic) bond motifs is 3. The van der Waals surface area contributed by atoms with E-state index in [0.717, 1.165) is 30.4 Å². The number of hydrogen-bond donors (Lipinski definition) is 19. The summed E-state index contributed by atoms with van der Waals surface area (Å²) in [7, 11) is 0. The molecule has 1 saturated carbocycles. The van der Waals surface area contributed by atoms with E-state index in [9.17, 15) is 77.1 Å². The van der Waals surface area contributed by atoms with E-state index in [1.54, 1.807) is 52.2 Å². The van der Waals surface area contributed by atoms with Crippen molar-refractivity contribution in [1.29, 1.82) is 0 Å². The summed E-state index contributed by atoms with van der Waals surface area (Å²) in [5.74, 6) is -15.1. The molecular weight excluding hydrogens is 1660 g/mol. The Hall–Kier alpha value is -11.9. The number of rotatable bonds is 18. The van der Waals surface area contributed by atoms with Crippen molar-refractivity contribution in [3.8, 4) is 11.5 Å². The number of aromatic hydroxyl groups is 2. The van der Waals surface area contributed by atoms with Crippen LogP contribution in [-0.4, -0.2) is 220 Å². The smallest absolute Gasteiger partial charge is 0.430 e. The second kappa shape index (κ2) is 47.7. The molecule has 8 rings (SSSR count). The lowest BCUT2D eigenvalue weighted by Gasteiger charge is -2.32. The molecule has 3 aromatic carbocycles. The molecule has 13 atom stereocenters. The number of phenols is 2. The van der Waals surface area contributed by atoms with Gasteiger partial charge >= 0.3 is 12.1 Å². The Kier molecular flexibility index (Phi) is 38.2. The number of aromatic nitrogens is 4. The molecule has 2 bridgehead atoms. The van der Waals surface area contributed by atoms with Crippen molar-refractivity contribution >= 4 is 117 Å². The number of carboxylic acid groups (broad SMARTS) is 2. The van der Waals surface area contributed by atoms with Crippen LogP contribution in [0, 0.1) is 11.3 Å². The molecule has 6 aromatic rings. The third kappa shape index (κ3) is 32.1. The number of halogens is 3. The number of alkyl halides is 3. The Morgan fingerprint density at radius 2 is 1.06 bits per heavy atom. The first kappa shape index (κ1) is 99.3. The topological polar surface area (TPSA) is 580 Å². The van der Waals surface area contributed by atoms with Gasteiger partial charge in [-0.2, -0.15) is 36.7 Å². The van der Waals surface area contributed by atoms with Crippen molar-refractivity contribution in [2.75, 3.05) is 11.5 Å². The molecule has 21 N–H and O–H groups in total. The molecule has 1 aliphatic heterocycles. The van der Waals surface area contributed by atoms with Gasteiger partial charge in [-0.15, -0.1) is 0 Å². The number of nitrogens with two attached hydrogens (primary N) is 1. The van der Waals surface area contributed by atoms with Crippen LogP contribution < -0.4 is 74.3 Å². The number of nitrogens with one attached hydrogen (secondary N) is 14. The van der Waals surface area contributed by atoms with E-state index in [1.165, 1.54) is 98.4 Å². The third-order valence-electron chi connectivity index (χ3n) is 20.4. The van der Waals surface area contributed by atoms with Crippen molar-refractivity contribution < 1.29 is 116 Å². The molecule has 0 spiro atoms. The highest BCUT2D eigenvalue weighted by molar-refractivity contribution is 7.98. The van der Waals surface area contributed by atoms with Crippen LogP contribution in [0.15, 0.2) is 110 Å². The standard InChI is InChI=1S/C81H108N16O18S2.C2HF3O2/c1-7-13-56-72(107)96-67(45(3)99)79(114)94-63(69(82)105)42-117-41-50-17-11-16-49(32-50)40-116-31-29-64(102)95-68(81(4,5)6)80(115)93-60(35-48-21-25-54(101)26-22-48)75(110)91-62(37-52-39-83-43-86-52)77(112)97-66(44(2)98)78(113)92-61(36-51-38-85-70-55(51)18-12-30-84-70)76(111)90-58(33-46-14-9-8-10-15-46)74(109)88-57(27-28-65(103)104)71(106)89-59(73(108)87-56)34-47-19-23-53(100)24-20-47;3-2(4,5)1(6)7/h11-12,16-26,30,32,38-39,43-46,56-63,66-68,98-101H,7-10,13-15,27-29,31,33-37,40-42H2,1-6H3,(H2,82,105)(H,83,86)(H,84,85)(H,87,108)(H,88,109)(H,89,106)(H,90,111)(H,91,110)(H,92,113)(H,93,115)(H,94,114)(H,95,102)(H,96,107)(H,97,112)(H,103,104);(H,6,7)/t44-,45-,56+,57+,58+,59+,60+,61+,62+,63+,66+,67+,68-;/m1./s1. The Morgan fingerprint density at radius 1 is 0.581 bits per heavy atom. The van der Waals surface area contributed by atoms with E-state index in [0.29, 0.717) is 63.5 Å². The first-order valence-electron chi connectivity index (χ1n) is 40.4. The number of hydrogen-bond acceptors (Lipinski definition) is 22. The number of H-pyrrole nitrogens is 3. The van der Waals surface area contributed by atoms with E-state index in [1.807, 2.05) is 24.3 Å². The fourth-order valence-electron chi connectivity index (χ4n) is 13.7. The van der Waals surface area contributed by atoms with Gasteiger partial charge in [0.1, 0.15) is 83.9 Å². The SMILES string of the molecule is CCC[C@@H]1NC(=O)[C@H](Cc2ccc(O)cc2)NC(=O)[C@H](CCC(=O)O)NC(=O)[C@H](CC2CCCCC2)NC(=O)[C@H](Cc2c[nH]c3[nH+]cccc23)NC(=O)[C@H]([C@@H](C)O)NC(=O)[C@H](Cc2cnc[nH]2)NC(=O)[C@H](Cc2ccc(O)cc2)NC(=O)[C@H](C(C)(C)C)NC(=O)CCSCc2cccc(c2)CSC[C@@H](C(N)=O)NC(=O)[C@H]([C@@H](C)O)NC1=O.O=C([O-])C(F)(F)F. The van der Waals surface area contributed by atoms with Gasteiger partial charge in [0.2, 0.25) is 70.9 Å². The molecule has 674 valence electrons. The van der Waals surface area contributed by atoms with E-state index in [2.05, 4.69) is 78.4 Å². The van der Waals surface area contributed by atoms with Crippen LogP contribution in [0.25, 0.3) is 11.0 Å². The average molecular weight is 1770 g/mol. The van der Waals surface area contributed by atoms with Crippen molar-refractivity contribution in [1.82, 2.24) is 73.4 Å². The van der Waals surface area contributed by atoms with Gasteiger partial charge in [-0.25, -0.2) is 15.0 Å². The number of carbonyl (C=O) groups excluding carboxylic acids is 13. The summed E-state index contributed by atoms with van der Waals surface area (Å²) in [4.78, 5) is 210. The Morgan fingerprint density at radius 3 is 1.57 bits per heavy atom. The third-order valence-corrected chi connectivity index (χ3v) is 22.6. The maximum absolute atomic E-state index is 15.4. The number of nitrogens with zero attached hydrogens (tertiary/aromatic N) is 1. The highest BCUT2D eigenvalue weighted by Crippen LogP contribution is 2.29. The van der Waals surface area contributed by atoms with Crippen LogP contribution in [0.1, 0.15) is 146 Å². The first-order valence-corrected chi connectivity index (χ1v) is 42.7. The highest BCUT2D eigenvalue weighted by atomic mass is 32.2. The molecule has 0 unspecified atom stereocenters. The minimum Gasteiger partial charge on any atom is -0.542 e. The number of phenolic OH excluding ortho intramolecular Hbond substituents is 2. The molecule has 4 heterocycles.